The van der Waals surface area contributed by atoms with E-state index in [9.17, 15) is 14.4 Å². The van der Waals surface area contributed by atoms with Crippen molar-refractivity contribution < 1.29 is 23.9 Å². The quantitative estimate of drug-likeness (QED) is 0.182. The van der Waals surface area contributed by atoms with Crippen molar-refractivity contribution in [2.24, 2.45) is 0 Å². The molecule has 2 heterocycles. The average Bonchev–Trinajstić information content (AvgIpc) is 3.70. The third kappa shape index (κ3) is 9.45. The molecule has 12 nitrogen and oxygen atoms in total. The number of H-pyrrole nitrogens is 2. The van der Waals surface area contributed by atoms with Gasteiger partial charge in [0.25, 0.3) is 0 Å². The van der Waals surface area contributed by atoms with Gasteiger partial charge in [-0.2, -0.15) is 0 Å². The van der Waals surface area contributed by atoms with E-state index in [1.165, 1.54) is 20.6 Å². The summed E-state index contributed by atoms with van der Waals surface area (Å²) in [4.78, 5) is 51.8. The standard InChI is InChI=1S/C28H31N7O5.C3H8/c1-4-13-35(25(36)16-31-27(37)39-2)17-24-29-14-22(32-24)20-9-5-18(6-10-20)19-7-11-21(12-8-19)23-15-30-26(33-23)34-28(38)40-3;1-3-2/h5-12,14-15H,4,13,16-17H2,1-3H3,(H,29,32)(H,31,37)(H2,30,33,34,38);3H2,1-2H3. The van der Waals surface area contributed by atoms with Gasteiger partial charge >= 0.3 is 12.2 Å². The van der Waals surface area contributed by atoms with E-state index in [-0.39, 0.29) is 12.5 Å². The molecule has 0 saturated carbocycles. The number of amides is 3. The molecule has 0 bridgehead atoms. The van der Waals surface area contributed by atoms with Crippen LogP contribution in [0.2, 0.25) is 0 Å². The number of rotatable bonds is 10. The van der Waals surface area contributed by atoms with Crippen LogP contribution in [-0.4, -0.2) is 70.2 Å². The lowest BCUT2D eigenvalue weighted by molar-refractivity contribution is -0.130. The number of hydrogen-bond donors (Lipinski definition) is 4. The molecule has 0 aliphatic heterocycles. The predicted molar refractivity (Wildman–Crippen MR) is 165 cm³/mol. The van der Waals surface area contributed by atoms with Crippen LogP contribution in [0.25, 0.3) is 33.6 Å². The topological polar surface area (TPSA) is 154 Å². The number of anilines is 1. The van der Waals surface area contributed by atoms with Gasteiger partial charge in [0.15, 0.2) is 0 Å². The number of carbonyl (C=O) groups is 3. The molecule has 0 spiro atoms. The van der Waals surface area contributed by atoms with Crippen molar-refractivity contribution in [3.8, 4) is 33.6 Å². The van der Waals surface area contributed by atoms with E-state index < -0.39 is 12.2 Å². The van der Waals surface area contributed by atoms with Crippen molar-refractivity contribution in [2.75, 3.05) is 32.6 Å². The van der Waals surface area contributed by atoms with E-state index >= 15 is 0 Å². The number of aromatic amines is 2. The van der Waals surface area contributed by atoms with Gasteiger partial charge in [-0.15, -0.1) is 0 Å². The number of aromatic nitrogens is 4. The van der Waals surface area contributed by atoms with Crippen LogP contribution in [0.5, 0.6) is 0 Å². The van der Waals surface area contributed by atoms with Gasteiger partial charge < -0.3 is 29.7 Å². The summed E-state index contributed by atoms with van der Waals surface area (Å²) in [6.45, 7) is 6.93. The Morgan fingerprint density at radius 3 is 1.81 bits per heavy atom. The minimum atomic E-state index is -0.647. The van der Waals surface area contributed by atoms with Gasteiger partial charge in [0.1, 0.15) is 12.4 Å². The van der Waals surface area contributed by atoms with Crippen LogP contribution in [0.3, 0.4) is 0 Å². The molecule has 12 heteroatoms. The maximum absolute atomic E-state index is 12.5. The molecule has 4 aromatic rings. The molecule has 0 saturated heterocycles. The summed E-state index contributed by atoms with van der Waals surface area (Å²) in [5.74, 6) is 0.744. The van der Waals surface area contributed by atoms with Crippen LogP contribution < -0.4 is 10.6 Å². The van der Waals surface area contributed by atoms with Crippen molar-refractivity contribution in [1.82, 2.24) is 30.2 Å². The molecule has 228 valence electrons. The Kier molecular flexibility index (Phi) is 12.3. The molecule has 0 radical (unpaired) electrons. The van der Waals surface area contributed by atoms with Crippen molar-refractivity contribution in [3.63, 3.8) is 0 Å². The summed E-state index contributed by atoms with van der Waals surface area (Å²) in [5.41, 5.74) is 5.58. The lowest BCUT2D eigenvalue weighted by Gasteiger charge is -2.21. The largest absolute Gasteiger partial charge is 0.453 e. The lowest BCUT2D eigenvalue weighted by Crippen LogP contribution is -2.40. The summed E-state index contributed by atoms with van der Waals surface area (Å²) in [6, 6.07) is 16.1. The van der Waals surface area contributed by atoms with E-state index in [0.29, 0.717) is 24.9 Å². The summed E-state index contributed by atoms with van der Waals surface area (Å²) in [6.07, 6.45) is 4.17. The number of nitrogens with one attached hydrogen (secondary N) is 4. The maximum atomic E-state index is 12.5. The second-order valence-corrected chi connectivity index (χ2v) is 9.53. The molecule has 43 heavy (non-hydrogen) atoms. The summed E-state index contributed by atoms with van der Waals surface area (Å²) < 4.78 is 9.11. The zero-order valence-corrected chi connectivity index (χ0v) is 25.2. The molecule has 0 aliphatic carbocycles. The number of hydrogen-bond acceptors (Lipinski definition) is 7. The highest BCUT2D eigenvalue weighted by Gasteiger charge is 2.16. The second kappa shape index (κ2) is 16.3. The number of ether oxygens (including phenoxy) is 2. The van der Waals surface area contributed by atoms with Crippen LogP contribution in [0, 0.1) is 0 Å². The fraction of sp³-hybridized carbons (Fsp3) is 0.323. The highest BCUT2D eigenvalue weighted by atomic mass is 16.5. The van der Waals surface area contributed by atoms with Crippen LogP contribution in [0.1, 0.15) is 39.4 Å². The third-order valence-corrected chi connectivity index (χ3v) is 6.09. The Morgan fingerprint density at radius 2 is 1.28 bits per heavy atom. The van der Waals surface area contributed by atoms with E-state index in [1.54, 1.807) is 17.3 Å². The van der Waals surface area contributed by atoms with Gasteiger partial charge in [-0.1, -0.05) is 75.7 Å². The number of carbonyl (C=O) groups excluding carboxylic acids is 3. The van der Waals surface area contributed by atoms with E-state index in [1.807, 2.05) is 55.5 Å². The average molecular weight is 590 g/mol. The molecular weight excluding hydrogens is 550 g/mol. The Labute approximate surface area is 251 Å². The maximum Gasteiger partial charge on any atom is 0.413 e. The number of nitrogens with zero attached hydrogens (tertiary/aromatic N) is 3. The zero-order valence-electron chi connectivity index (χ0n) is 25.2. The molecule has 4 N–H and O–H groups in total. The molecule has 2 aromatic heterocycles. The minimum absolute atomic E-state index is 0.141. The normalized spacial score (nSPS) is 10.3. The molecule has 0 fully saturated rings. The van der Waals surface area contributed by atoms with Gasteiger partial charge in [0.2, 0.25) is 11.9 Å². The Balaban J connectivity index is 0.00000162. The van der Waals surface area contributed by atoms with Crippen LogP contribution >= 0.6 is 0 Å². The highest BCUT2D eigenvalue weighted by Crippen LogP contribution is 2.27. The van der Waals surface area contributed by atoms with Crippen molar-refractivity contribution >= 4 is 24.0 Å². The molecule has 4 rings (SSSR count). The number of methoxy groups -OCH3 is 2. The first-order valence-corrected chi connectivity index (χ1v) is 14.1. The second-order valence-electron chi connectivity index (χ2n) is 9.53. The van der Waals surface area contributed by atoms with Gasteiger partial charge in [0, 0.05) is 6.54 Å². The number of imidazole rings is 2. The van der Waals surface area contributed by atoms with Crippen LogP contribution in [0.4, 0.5) is 15.5 Å². The van der Waals surface area contributed by atoms with Crippen molar-refractivity contribution in [3.05, 3.63) is 66.7 Å². The summed E-state index contributed by atoms with van der Waals surface area (Å²) in [7, 11) is 2.54. The van der Waals surface area contributed by atoms with Gasteiger partial charge in [-0.25, -0.2) is 19.6 Å². The fourth-order valence-corrected chi connectivity index (χ4v) is 4.03. The highest BCUT2D eigenvalue weighted by molar-refractivity contribution is 5.83. The van der Waals surface area contributed by atoms with E-state index in [2.05, 4.69) is 53.9 Å². The SMILES string of the molecule is CCC.CCCN(Cc1ncc(-c2ccc(-c3ccc(-c4cnc(NC(=O)OC)[nH]4)cc3)cc2)[nH]1)C(=O)CNC(=O)OC. The van der Waals surface area contributed by atoms with Gasteiger partial charge in [-0.3, -0.25) is 10.1 Å². The Hall–Kier alpha value is -5.13. The third-order valence-electron chi connectivity index (χ3n) is 6.09. The minimum Gasteiger partial charge on any atom is -0.453 e. The van der Waals surface area contributed by atoms with Crippen molar-refractivity contribution in [2.45, 2.75) is 40.2 Å². The molecular formula is C31H39N7O5. The smallest absolute Gasteiger partial charge is 0.413 e. The summed E-state index contributed by atoms with van der Waals surface area (Å²) >= 11 is 0. The zero-order chi connectivity index (χ0) is 31.2. The molecule has 0 aliphatic rings. The molecule has 0 atom stereocenters. The van der Waals surface area contributed by atoms with Crippen molar-refractivity contribution in [1.29, 1.82) is 0 Å². The number of alkyl carbamates (subject to hydrolysis) is 1. The lowest BCUT2D eigenvalue weighted by atomic mass is 10.0. The summed E-state index contributed by atoms with van der Waals surface area (Å²) in [5, 5.41) is 4.92. The van der Waals surface area contributed by atoms with Crippen LogP contribution in [-0.2, 0) is 20.8 Å². The first-order chi connectivity index (χ1) is 20.8. The Morgan fingerprint density at radius 1 is 0.767 bits per heavy atom. The fourth-order valence-electron chi connectivity index (χ4n) is 4.03. The molecule has 2 aromatic carbocycles. The predicted octanol–water partition coefficient (Wildman–Crippen LogP) is 5.82. The van der Waals surface area contributed by atoms with E-state index in [4.69, 9.17) is 0 Å². The van der Waals surface area contributed by atoms with E-state index in [0.717, 1.165) is 40.1 Å². The Bertz CT molecular complexity index is 1460. The first-order valence-electron chi connectivity index (χ1n) is 14.1. The van der Waals surface area contributed by atoms with Gasteiger partial charge in [-0.05, 0) is 28.7 Å². The molecule has 3 amide bonds. The molecule has 0 unspecified atom stereocenters. The first kappa shape index (κ1) is 32.4. The number of benzene rings is 2. The monoisotopic (exact) mass is 589 g/mol. The van der Waals surface area contributed by atoms with Crippen LogP contribution in [0.15, 0.2) is 60.9 Å². The van der Waals surface area contributed by atoms with Gasteiger partial charge in [0.05, 0.1) is 44.5 Å².